The molecular weight excluding hydrogens is 170 g/mol. The normalized spacial score (nSPS) is 21.4. The van der Waals surface area contributed by atoms with Gasteiger partial charge in [-0.3, -0.25) is 4.79 Å². The smallest absolute Gasteiger partial charge is 0.329 e. The summed E-state index contributed by atoms with van der Waals surface area (Å²) in [5.41, 5.74) is 0. The van der Waals surface area contributed by atoms with E-state index in [1.807, 2.05) is 0 Å². The maximum atomic E-state index is 11.2. The minimum Gasteiger partial charge on any atom is -0.451 e. The molecule has 1 aliphatic rings. The second kappa shape index (κ2) is 3.94. The minimum atomic E-state index is -0.444. The molecule has 1 atom stereocenters. The fourth-order valence-corrected chi connectivity index (χ4v) is 1.29. The van der Waals surface area contributed by atoms with Crippen LogP contribution in [0.25, 0.3) is 0 Å². The fourth-order valence-electron chi connectivity index (χ4n) is 1.29. The number of nitrogens with zero attached hydrogens (tertiary/aromatic N) is 1. The number of likely N-dealkylation sites (N-methyl/N-ethyl adjacent to an activating group) is 1. The highest BCUT2D eigenvalue weighted by Gasteiger charge is 2.34. The molecular formula is C9H11NO3. The van der Waals surface area contributed by atoms with Crippen LogP contribution >= 0.6 is 0 Å². The van der Waals surface area contributed by atoms with Crippen molar-refractivity contribution in [3.63, 3.8) is 0 Å². The highest BCUT2D eigenvalue weighted by molar-refractivity contribution is 5.87. The summed E-state index contributed by atoms with van der Waals surface area (Å²) in [6, 6.07) is -0.444. The number of esters is 1. The summed E-state index contributed by atoms with van der Waals surface area (Å²) in [6.07, 6.45) is 5.87. The van der Waals surface area contributed by atoms with Gasteiger partial charge in [0.1, 0.15) is 6.04 Å². The molecule has 0 N–H and O–H groups in total. The third-order valence-electron chi connectivity index (χ3n) is 2.06. The third-order valence-corrected chi connectivity index (χ3v) is 2.06. The topological polar surface area (TPSA) is 46.6 Å². The van der Waals surface area contributed by atoms with Gasteiger partial charge in [0.15, 0.2) is 6.61 Å². The number of carbonyl (C=O) groups excluding carboxylic acids is 2. The first-order chi connectivity index (χ1) is 6.16. The zero-order valence-corrected chi connectivity index (χ0v) is 7.45. The van der Waals surface area contributed by atoms with Crippen molar-refractivity contribution in [1.82, 2.24) is 4.90 Å². The average molecular weight is 181 g/mol. The zero-order valence-electron chi connectivity index (χ0n) is 7.45. The number of amides is 1. The molecule has 13 heavy (non-hydrogen) atoms. The summed E-state index contributed by atoms with van der Waals surface area (Å²) in [7, 11) is 1.59. The van der Waals surface area contributed by atoms with E-state index in [4.69, 9.17) is 11.2 Å². The second-order valence-electron chi connectivity index (χ2n) is 2.87. The van der Waals surface area contributed by atoms with Crippen molar-refractivity contribution in [3.05, 3.63) is 0 Å². The van der Waals surface area contributed by atoms with E-state index in [9.17, 15) is 9.59 Å². The molecule has 4 heteroatoms. The molecule has 1 heterocycles. The van der Waals surface area contributed by atoms with Gasteiger partial charge in [0, 0.05) is 13.5 Å². The van der Waals surface area contributed by atoms with Gasteiger partial charge < -0.3 is 9.64 Å². The monoisotopic (exact) mass is 181 g/mol. The lowest BCUT2D eigenvalue weighted by molar-refractivity contribution is -0.149. The van der Waals surface area contributed by atoms with E-state index >= 15 is 0 Å². The number of ether oxygens (including phenoxy) is 1. The maximum absolute atomic E-state index is 11.2. The van der Waals surface area contributed by atoms with Crippen molar-refractivity contribution < 1.29 is 14.3 Å². The van der Waals surface area contributed by atoms with E-state index in [2.05, 4.69) is 5.92 Å². The van der Waals surface area contributed by atoms with Gasteiger partial charge in [-0.05, 0) is 6.42 Å². The number of rotatable bonds is 2. The van der Waals surface area contributed by atoms with Crippen molar-refractivity contribution in [1.29, 1.82) is 0 Å². The quantitative estimate of drug-likeness (QED) is 0.437. The molecule has 0 aromatic heterocycles. The number of likely N-dealkylation sites (tertiary alicyclic amines) is 1. The summed E-state index contributed by atoms with van der Waals surface area (Å²) in [4.78, 5) is 23.7. The lowest BCUT2D eigenvalue weighted by atomic mass is 10.2. The van der Waals surface area contributed by atoms with Crippen molar-refractivity contribution in [2.45, 2.75) is 18.9 Å². The standard InChI is InChI=1S/C9H11NO3/c1-3-6-13-9(12)7-4-5-8(11)10(7)2/h1,7H,4-6H2,2H3/t7-/m0/s1. The van der Waals surface area contributed by atoms with E-state index in [1.54, 1.807) is 7.05 Å². The van der Waals surface area contributed by atoms with Crippen molar-refractivity contribution >= 4 is 11.9 Å². The summed E-state index contributed by atoms with van der Waals surface area (Å²) >= 11 is 0. The van der Waals surface area contributed by atoms with E-state index < -0.39 is 12.0 Å². The van der Waals surface area contributed by atoms with Crippen LogP contribution in [0.15, 0.2) is 0 Å². The maximum Gasteiger partial charge on any atom is 0.329 e. The van der Waals surface area contributed by atoms with E-state index in [-0.39, 0.29) is 12.5 Å². The van der Waals surface area contributed by atoms with Crippen molar-refractivity contribution in [3.8, 4) is 12.3 Å². The SMILES string of the molecule is C#CCOC(=O)[C@@H]1CCC(=O)N1C. The molecule has 1 amide bonds. The molecule has 0 saturated carbocycles. The summed E-state index contributed by atoms with van der Waals surface area (Å²) in [5.74, 6) is 1.77. The highest BCUT2D eigenvalue weighted by atomic mass is 16.5. The zero-order chi connectivity index (χ0) is 9.84. The summed E-state index contributed by atoms with van der Waals surface area (Å²) in [6.45, 7) is -0.0304. The first-order valence-electron chi connectivity index (χ1n) is 4.02. The molecule has 0 unspecified atom stereocenters. The van der Waals surface area contributed by atoms with Crippen LogP contribution in [0, 0.1) is 12.3 Å². The van der Waals surface area contributed by atoms with E-state index in [0.29, 0.717) is 12.8 Å². The number of terminal acetylenes is 1. The molecule has 1 saturated heterocycles. The van der Waals surface area contributed by atoms with Crippen LogP contribution in [-0.4, -0.2) is 36.5 Å². The molecule has 0 aromatic carbocycles. The lowest BCUT2D eigenvalue weighted by Gasteiger charge is -2.17. The molecule has 4 nitrogen and oxygen atoms in total. The van der Waals surface area contributed by atoms with Gasteiger partial charge in [0.25, 0.3) is 0 Å². The van der Waals surface area contributed by atoms with Gasteiger partial charge >= 0.3 is 5.97 Å². The third kappa shape index (κ3) is 2.00. The molecule has 1 aliphatic heterocycles. The first kappa shape index (κ1) is 9.59. The Labute approximate surface area is 76.8 Å². The van der Waals surface area contributed by atoms with Crippen LogP contribution in [0.3, 0.4) is 0 Å². The number of hydrogen-bond acceptors (Lipinski definition) is 3. The molecule has 1 rings (SSSR count). The van der Waals surface area contributed by atoms with Gasteiger partial charge in [-0.2, -0.15) is 0 Å². The van der Waals surface area contributed by atoms with Crippen molar-refractivity contribution in [2.75, 3.05) is 13.7 Å². The fraction of sp³-hybridized carbons (Fsp3) is 0.556. The Balaban J connectivity index is 2.49. The van der Waals surface area contributed by atoms with E-state index in [1.165, 1.54) is 4.90 Å². The predicted octanol–water partition coefficient (Wildman–Crippen LogP) is -0.216. The van der Waals surface area contributed by atoms with Crippen LogP contribution in [0.4, 0.5) is 0 Å². The molecule has 70 valence electrons. The Morgan fingerprint density at radius 1 is 1.85 bits per heavy atom. The Morgan fingerprint density at radius 2 is 2.54 bits per heavy atom. The van der Waals surface area contributed by atoms with Crippen LogP contribution in [0.2, 0.25) is 0 Å². The van der Waals surface area contributed by atoms with Gasteiger partial charge in [-0.1, -0.05) is 5.92 Å². The predicted molar refractivity (Wildman–Crippen MR) is 45.6 cm³/mol. The average Bonchev–Trinajstić information content (AvgIpc) is 2.44. The van der Waals surface area contributed by atoms with Gasteiger partial charge in [0.2, 0.25) is 5.91 Å². The molecule has 0 bridgehead atoms. The van der Waals surface area contributed by atoms with Crippen LogP contribution < -0.4 is 0 Å². The Morgan fingerprint density at radius 3 is 3.00 bits per heavy atom. The van der Waals surface area contributed by atoms with Gasteiger partial charge in [-0.25, -0.2) is 4.79 Å². The van der Waals surface area contributed by atoms with Crippen LogP contribution in [0.5, 0.6) is 0 Å². The lowest BCUT2D eigenvalue weighted by Crippen LogP contribution is -2.36. The van der Waals surface area contributed by atoms with Gasteiger partial charge in [-0.15, -0.1) is 6.42 Å². The number of hydrogen-bond donors (Lipinski definition) is 0. The minimum absolute atomic E-state index is 0.0253. The molecule has 0 spiro atoms. The Kier molecular flexibility index (Phi) is 2.91. The highest BCUT2D eigenvalue weighted by Crippen LogP contribution is 2.17. The summed E-state index contributed by atoms with van der Waals surface area (Å²) in [5, 5.41) is 0. The number of carbonyl (C=O) groups is 2. The molecule has 0 aromatic rings. The Bertz CT molecular complexity index is 267. The largest absolute Gasteiger partial charge is 0.451 e. The molecule has 0 radical (unpaired) electrons. The second-order valence-corrected chi connectivity index (χ2v) is 2.87. The van der Waals surface area contributed by atoms with Crippen LogP contribution in [-0.2, 0) is 14.3 Å². The Hall–Kier alpha value is -1.50. The van der Waals surface area contributed by atoms with E-state index in [0.717, 1.165) is 0 Å². The molecule has 0 aliphatic carbocycles. The van der Waals surface area contributed by atoms with Crippen LogP contribution in [0.1, 0.15) is 12.8 Å². The first-order valence-corrected chi connectivity index (χ1v) is 4.02. The van der Waals surface area contributed by atoms with Crippen molar-refractivity contribution in [2.24, 2.45) is 0 Å². The molecule has 1 fully saturated rings. The summed E-state index contributed by atoms with van der Waals surface area (Å²) < 4.78 is 4.72. The van der Waals surface area contributed by atoms with Gasteiger partial charge in [0.05, 0.1) is 0 Å².